The lowest BCUT2D eigenvalue weighted by Crippen LogP contribution is -1.75. The molecule has 4 N–H and O–H groups in total. The number of para-hydroxylation sites is 2. The van der Waals surface area contributed by atoms with Crippen LogP contribution in [0, 0.1) is 0 Å². The summed E-state index contributed by atoms with van der Waals surface area (Å²) in [5.41, 5.74) is 0. The Balaban J connectivity index is 0.000000171. The van der Waals surface area contributed by atoms with Crippen molar-refractivity contribution in [3.05, 3.63) is 97.1 Å². The Morgan fingerprint density at radius 3 is 1.13 bits per heavy atom. The van der Waals surface area contributed by atoms with Crippen LogP contribution < -0.4 is 0 Å². The molecule has 0 bridgehead atoms. The predicted octanol–water partition coefficient (Wildman–Crippen LogP) is 6.50. The Hall–Kier alpha value is -3.22. The molecule has 0 saturated carbocycles. The SMILES string of the molecule is Oc1ccc(Sc2ccc(O)cc2)cc1.Oc1ccccc1Sc1ccccc1O. The van der Waals surface area contributed by atoms with Gasteiger partial charge in [0.1, 0.15) is 23.0 Å². The zero-order valence-corrected chi connectivity index (χ0v) is 17.5. The lowest BCUT2D eigenvalue weighted by Gasteiger charge is -2.05. The van der Waals surface area contributed by atoms with E-state index in [1.165, 1.54) is 11.8 Å². The van der Waals surface area contributed by atoms with Crippen LogP contribution >= 0.6 is 23.5 Å². The molecule has 0 spiro atoms. The number of phenolic OH excluding ortho intramolecular Hbond substituents is 4. The van der Waals surface area contributed by atoms with Crippen LogP contribution in [0.2, 0.25) is 0 Å². The minimum atomic E-state index is 0.228. The standard InChI is InChI=1S/2C12H10O2S/c13-9-1-5-11(6-2-9)15-12-7-3-10(14)4-8-12;13-9-5-1-3-7-11(9)15-12-8-4-2-6-10(12)14/h2*1-8,13-14H. The number of hydrogen-bond donors (Lipinski definition) is 4. The quantitative estimate of drug-likeness (QED) is 0.292. The Labute approximate surface area is 183 Å². The molecule has 4 aromatic rings. The van der Waals surface area contributed by atoms with E-state index in [0.29, 0.717) is 0 Å². The maximum absolute atomic E-state index is 9.56. The van der Waals surface area contributed by atoms with Gasteiger partial charge >= 0.3 is 0 Å². The fourth-order valence-corrected chi connectivity index (χ4v) is 4.06. The van der Waals surface area contributed by atoms with E-state index in [1.54, 1.807) is 60.3 Å². The first-order valence-corrected chi connectivity index (χ1v) is 10.6. The molecule has 0 aliphatic heterocycles. The van der Waals surface area contributed by atoms with Crippen molar-refractivity contribution in [2.45, 2.75) is 19.6 Å². The molecule has 0 aromatic heterocycles. The maximum atomic E-state index is 9.56. The minimum absolute atomic E-state index is 0.228. The zero-order valence-electron chi connectivity index (χ0n) is 15.8. The van der Waals surface area contributed by atoms with Crippen molar-refractivity contribution >= 4 is 23.5 Å². The van der Waals surface area contributed by atoms with Crippen LogP contribution in [0.25, 0.3) is 0 Å². The van der Waals surface area contributed by atoms with Crippen LogP contribution in [0.15, 0.2) is 117 Å². The van der Waals surface area contributed by atoms with Gasteiger partial charge in [-0.05, 0) is 72.8 Å². The molecule has 4 aromatic carbocycles. The smallest absolute Gasteiger partial charge is 0.129 e. The van der Waals surface area contributed by atoms with E-state index in [4.69, 9.17) is 10.2 Å². The van der Waals surface area contributed by atoms with Crippen molar-refractivity contribution in [1.29, 1.82) is 0 Å². The molecular weight excluding hydrogens is 416 g/mol. The van der Waals surface area contributed by atoms with Crippen LogP contribution in [-0.2, 0) is 0 Å². The largest absolute Gasteiger partial charge is 0.508 e. The molecule has 0 radical (unpaired) electrons. The third-order valence-corrected chi connectivity index (χ3v) is 6.01. The Bertz CT molecular complexity index is 994. The fourth-order valence-electron chi connectivity index (χ4n) is 2.37. The maximum Gasteiger partial charge on any atom is 0.129 e. The molecule has 6 heteroatoms. The molecule has 0 fully saturated rings. The molecule has 4 nitrogen and oxygen atoms in total. The highest BCUT2D eigenvalue weighted by Gasteiger charge is 2.05. The summed E-state index contributed by atoms with van der Waals surface area (Å²) in [6.45, 7) is 0. The summed E-state index contributed by atoms with van der Waals surface area (Å²) in [4.78, 5) is 3.58. The van der Waals surface area contributed by atoms with E-state index < -0.39 is 0 Å². The molecule has 0 amide bonds. The molecular formula is C24H20O4S2. The predicted molar refractivity (Wildman–Crippen MR) is 121 cm³/mol. The first-order valence-electron chi connectivity index (χ1n) is 9.01. The number of phenols is 4. The monoisotopic (exact) mass is 436 g/mol. The van der Waals surface area contributed by atoms with Gasteiger partial charge in [-0.15, -0.1) is 0 Å². The molecule has 152 valence electrons. The van der Waals surface area contributed by atoms with Crippen molar-refractivity contribution in [2.75, 3.05) is 0 Å². The van der Waals surface area contributed by atoms with Crippen molar-refractivity contribution in [1.82, 2.24) is 0 Å². The van der Waals surface area contributed by atoms with Gasteiger partial charge in [-0.2, -0.15) is 0 Å². The molecule has 0 atom stereocenters. The van der Waals surface area contributed by atoms with Gasteiger partial charge in [-0.25, -0.2) is 0 Å². The van der Waals surface area contributed by atoms with Gasteiger partial charge in [0.05, 0.1) is 9.79 Å². The average molecular weight is 437 g/mol. The van der Waals surface area contributed by atoms with Gasteiger partial charge in [-0.1, -0.05) is 47.8 Å². The van der Waals surface area contributed by atoms with Crippen molar-refractivity contribution < 1.29 is 20.4 Å². The average Bonchev–Trinajstić information content (AvgIpc) is 2.75. The highest BCUT2D eigenvalue weighted by molar-refractivity contribution is 7.99. The van der Waals surface area contributed by atoms with Crippen molar-refractivity contribution in [2.24, 2.45) is 0 Å². The van der Waals surface area contributed by atoms with Gasteiger partial charge in [0.2, 0.25) is 0 Å². The van der Waals surface area contributed by atoms with Crippen molar-refractivity contribution in [3.63, 3.8) is 0 Å². The van der Waals surface area contributed by atoms with E-state index in [1.807, 2.05) is 48.5 Å². The van der Waals surface area contributed by atoms with Crippen LogP contribution in [0.4, 0.5) is 0 Å². The van der Waals surface area contributed by atoms with E-state index in [2.05, 4.69) is 0 Å². The zero-order chi connectivity index (χ0) is 21.3. The second kappa shape index (κ2) is 10.5. The summed E-state index contributed by atoms with van der Waals surface area (Å²) in [6, 6.07) is 28.2. The van der Waals surface area contributed by atoms with E-state index >= 15 is 0 Å². The number of benzene rings is 4. The van der Waals surface area contributed by atoms with Crippen LogP contribution in [0.1, 0.15) is 0 Å². The summed E-state index contributed by atoms with van der Waals surface area (Å²) in [5.74, 6) is 0.992. The van der Waals surface area contributed by atoms with Gasteiger partial charge < -0.3 is 20.4 Å². The Morgan fingerprint density at radius 2 is 0.767 bits per heavy atom. The highest BCUT2D eigenvalue weighted by atomic mass is 32.2. The molecule has 0 heterocycles. The number of rotatable bonds is 4. The number of aromatic hydroxyl groups is 4. The lowest BCUT2D eigenvalue weighted by atomic mass is 10.3. The Morgan fingerprint density at radius 1 is 0.400 bits per heavy atom. The fraction of sp³-hybridized carbons (Fsp3) is 0. The van der Waals surface area contributed by atoms with E-state index in [9.17, 15) is 10.2 Å². The van der Waals surface area contributed by atoms with Crippen LogP contribution in [0.3, 0.4) is 0 Å². The molecule has 4 rings (SSSR count). The topological polar surface area (TPSA) is 80.9 Å². The van der Waals surface area contributed by atoms with Gasteiger partial charge in [0.15, 0.2) is 0 Å². The van der Waals surface area contributed by atoms with Crippen LogP contribution in [0.5, 0.6) is 23.0 Å². The molecule has 0 aliphatic carbocycles. The van der Waals surface area contributed by atoms with Crippen LogP contribution in [-0.4, -0.2) is 20.4 Å². The first kappa shape index (κ1) is 21.5. The van der Waals surface area contributed by atoms with Gasteiger partial charge in [-0.3, -0.25) is 0 Å². The van der Waals surface area contributed by atoms with Gasteiger partial charge in [0, 0.05) is 9.79 Å². The van der Waals surface area contributed by atoms with E-state index in [0.717, 1.165) is 19.6 Å². The number of hydrogen-bond acceptors (Lipinski definition) is 6. The normalized spacial score (nSPS) is 10.1. The minimum Gasteiger partial charge on any atom is -0.508 e. The van der Waals surface area contributed by atoms with E-state index in [-0.39, 0.29) is 23.0 Å². The van der Waals surface area contributed by atoms with Gasteiger partial charge in [0.25, 0.3) is 0 Å². The summed E-state index contributed by atoms with van der Waals surface area (Å²) in [6.07, 6.45) is 0. The summed E-state index contributed by atoms with van der Waals surface area (Å²) in [7, 11) is 0. The highest BCUT2D eigenvalue weighted by Crippen LogP contribution is 2.38. The molecule has 30 heavy (non-hydrogen) atoms. The Kier molecular flexibility index (Phi) is 7.54. The summed E-state index contributed by atoms with van der Waals surface area (Å²) < 4.78 is 0. The first-order chi connectivity index (χ1) is 14.5. The summed E-state index contributed by atoms with van der Waals surface area (Å²) >= 11 is 2.92. The second-order valence-electron chi connectivity index (χ2n) is 6.13. The van der Waals surface area contributed by atoms with Crippen molar-refractivity contribution in [3.8, 4) is 23.0 Å². The lowest BCUT2D eigenvalue weighted by molar-refractivity contribution is 0.460. The third-order valence-electron chi connectivity index (χ3n) is 3.86. The molecule has 0 unspecified atom stereocenters. The molecule has 0 aliphatic rings. The summed E-state index contributed by atoms with van der Waals surface area (Å²) in [5, 5.41) is 37.4. The molecule has 0 saturated heterocycles. The second-order valence-corrected chi connectivity index (χ2v) is 8.36. The third kappa shape index (κ3) is 6.40.